The highest BCUT2D eigenvalue weighted by Gasteiger charge is 2.37. The quantitative estimate of drug-likeness (QED) is 0.500. The summed E-state index contributed by atoms with van der Waals surface area (Å²) >= 11 is 0. The predicted octanol–water partition coefficient (Wildman–Crippen LogP) is 3.48. The number of aliphatic hydroxyl groups is 1. The molecule has 3 N–H and O–H groups in total. The number of pyridine rings is 2. The molecule has 178 valence electrons. The summed E-state index contributed by atoms with van der Waals surface area (Å²) in [6.07, 6.45) is 11.8. The molecule has 0 spiro atoms. The Morgan fingerprint density at radius 2 is 1.97 bits per heavy atom. The molecule has 4 heterocycles. The molecule has 0 radical (unpaired) electrons. The van der Waals surface area contributed by atoms with Gasteiger partial charge >= 0.3 is 0 Å². The van der Waals surface area contributed by atoms with Crippen LogP contribution in [-0.4, -0.2) is 50.4 Å². The van der Waals surface area contributed by atoms with Gasteiger partial charge in [-0.1, -0.05) is 0 Å². The van der Waals surface area contributed by atoms with Crippen molar-refractivity contribution < 1.29 is 9.90 Å². The number of carbonyl (C=O) groups is 1. The van der Waals surface area contributed by atoms with Crippen LogP contribution in [-0.2, 0) is 16.9 Å². The molecule has 1 amide bonds. The van der Waals surface area contributed by atoms with Gasteiger partial charge in [0.25, 0.3) is 0 Å². The van der Waals surface area contributed by atoms with Crippen LogP contribution in [0.2, 0.25) is 0 Å². The maximum Gasteiger partial charge on any atom is 0.228 e. The molecule has 2 aliphatic carbocycles. The van der Waals surface area contributed by atoms with E-state index in [0.717, 1.165) is 61.4 Å². The van der Waals surface area contributed by atoms with Crippen LogP contribution in [0.15, 0.2) is 36.8 Å². The second-order valence-electron chi connectivity index (χ2n) is 10.3. The summed E-state index contributed by atoms with van der Waals surface area (Å²) in [4.78, 5) is 23.5. The number of fused-ring (bicyclic) bond motifs is 1. The lowest BCUT2D eigenvalue weighted by molar-refractivity contribution is -0.117. The number of hydrogen-bond donors (Lipinski definition) is 3. The molecule has 3 fully saturated rings. The van der Waals surface area contributed by atoms with Gasteiger partial charge in [0.05, 0.1) is 17.8 Å². The molecule has 3 aliphatic rings. The van der Waals surface area contributed by atoms with Crippen molar-refractivity contribution in [1.82, 2.24) is 19.3 Å². The number of likely N-dealkylation sites (tertiary alicyclic amines) is 1. The normalized spacial score (nSPS) is 20.4. The van der Waals surface area contributed by atoms with Gasteiger partial charge in [0.1, 0.15) is 11.5 Å². The van der Waals surface area contributed by atoms with Crippen molar-refractivity contribution in [3.05, 3.63) is 53.6 Å². The smallest absolute Gasteiger partial charge is 0.228 e. The van der Waals surface area contributed by atoms with E-state index < -0.39 is 5.60 Å². The van der Waals surface area contributed by atoms with Crippen molar-refractivity contribution >= 4 is 23.1 Å². The Kier molecular flexibility index (Phi) is 5.30. The highest BCUT2D eigenvalue weighted by atomic mass is 16.3. The number of hydrogen-bond acceptors (Lipinski definition) is 6. The molecule has 8 nitrogen and oxygen atoms in total. The van der Waals surface area contributed by atoms with Crippen LogP contribution >= 0.6 is 0 Å². The maximum absolute atomic E-state index is 12.0. The third kappa shape index (κ3) is 4.40. The molecular formula is C26H32N6O2. The van der Waals surface area contributed by atoms with Crippen molar-refractivity contribution in [2.24, 2.45) is 5.92 Å². The van der Waals surface area contributed by atoms with E-state index in [4.69, 9.17) is 4.98 Å². The van der Waals surface area contributed by atoms with Gasteiger partial charge in [-0.15, -0.1) is 0 Å². The van der Waals surface area contributed by atoms with Crippen LogP contribution in [0.5, 0.6) is 0 Å². The largest absolute Gasteiger partial charge is 0.385 e. The lowest BCUT2D eigenvalue weighted by atomic mass is 9.84. The number of aromatic nitrogens is 3. The summed E-state index contributed by atoms with van der Waals surface area (Å²) < 4.78 is 2.10. The number of piperidine rings is 1. The van der Waals surface area contributed by atoms with Gasteiger partial charge in [0.2, 0.25) is 5.91 Å². The van der Waals surface area contributed by atoms with Gasteiger partial charge in [-0.2, -0.15) is 0 Å². The van der Waals surface area contributed by atoms with Crippen LogP contribution in [0.4, 0.5) is 11.5 Å². The fourth-order valence-corrected chi connectivity index (χ4v) is 4.87. The van der Waals surface area contributed by atoms with E-state index >= 15 is 0 Å². The van der Waals surface area contributed by atoms with Crippen LogP contribution < -0.4 is 10.6 Å². The first kappa shape index (κ1) is 21.6. The van der Waals surface area contributed by atoms with E-state index in [0.29, 0.717) is 18.3 Å². The molecule has 3 aromatic heterocycles. The van der Waals surface area contributed by atoms with Gasteiger partial charge < -0.3 is 25.0 Å². The molecule has 0 bridgehead atoms. The first-order valence-electron chi connectivity index (χ1n) is 12.4. The van der Waals surface area contributed by atoms with Crippen molar-refractivity contribution in [2.45, 2.75) is 56.6 Å². The summed E-state index contributed by atoms with van der Waals surface area (Å²) in [6, 6.07) is 5.95. The van der Waals surface area contributed by atoms with Crippen LogP contribution in [0.3, 0.4) is 0 Å². The average molecular weight is 461 g/mol. The van der Waals surface area contributed by atoms with E-state index in [1.54, 1.807) is 6.20 Å². The lowest BCUT2D eigenvalue weighted by Gasteiger charge is -2.37. The standard InChI is InChI=1S/C26H32N6O2/c1-31-10-7-26(34,8-11-31)22-12-19(17-2-3-17)15-32-16-21(29-24(22)32)14-28-20-6-9-27-23(13-20)30-25(33)18-4-5-18/h6,9,12-13,15-18,34H,2-5,7-8,10-11,14H2,1H3,(H2,27,28,30,33). The zero-order valence-electron chi connectivity index (χ0n) is 19.6. The number of rotatable bonds is 7. The summed E-state index contributed by atoms with van der Waals surface area (Å²) in [6.45, 7) is 2.31. The van der Waals surface area contributed by atoms with Crippen LogP contribution in [0.1, 0.15) is 61.3 Å². The van der Waals surface area contributed by atoms with E-state index in [1.807, 2.05) is 12.1 Å². The van der Waals surface area contributed by atoms with E-state index in [2.05, 4.69) is 50.4 Å². The van der Waals surface area contributed by atoms with E-state index in [9.17, 15) is 9.90 Å². The maximum atomic E-state index is 12.0. The van der Waals surface area contributed by atoms with Crippen LogP contribution in [0.25, 0.3) is 5.65 Å². The summed E-state index contributed by atoms with van der Waals surface area (Å²) in [5.41, 5.74) is 4.06. The molecule has 0 aromatic carbocycles. The summed E-state index contributed by atoms with van der Waals surface area (Å²) in [5, 5.41) is 17.9. The fourth-order valence-electron chi connectivity index (χ4n) is 4.87. The number of nitrogens with zero attached hydrogens (tertiary/aromatic N) is 4. The number of carbonyl (C=O) groups excluding carboxylic acids is 1. The average Bonchev–Trinajstić information content (AvgIpc) is 3.75. The SMILES string of the molecule is CN1CCC(O)(c2cc(C3CC3)cn3cc(CNc4ccnc(NC(=O)C5CC5)c4)nc23)CC1. The second-order valence-corrected chi connectivity index (χ2v) is 10.3. The van der Waals surface area contributed by atoms with Gasteiger partial charge in [-0.05, 0) is 69.2 Å². The number of imidazole rings is 1. The summed E-state index contributed by atoms with van der Waals surface area (Å²) in [7, 11) is 2.11. The minimum Gasteiger partial charge on any atom is -0.385 e. The minimum atomic E-state index is -0.839. The molecule has 1 aliphatic heterocycles. The Hall–Kier alpha value is -2.97. The second kappa shape index (κ2) is 8.36. The number of anilines is 2. The molecule has 1 saturated heterocycles. The molecule has 6 rings (SSSR count). The Morgan fingerprint density at radius 3 is 2.71 bits per heavy atom. The molecule has 8 heteroatoms. The van der Waals surface area contributed by atoms with Crippen molar-refractivity contribution in [3.8, 4) is 0 Å². The zero-order valence-corrected chi connectivity index (χ0v) is 19.6. The van der Waals surface area contributed by atoms with Crippen molar-refractivity contribution in [1.29, 1.82) is 0 Å². The first-order valence-corrected chi connectivity index (χ1v) is 12.4. The van der Waals surface area contributed by atoms with Crippen molar-refractivity contribution in [2.75, 3.05) is 30.8 Å². The predicted molar refractivity (Wildman–Crippen MR) is 131 cm³/mol. The van der Waals surface area contributed by atoms with Gasteiger partial charge in [-0.3, -0.25) is 4.79 Å². The fraction of sp³-hybridized carbons (Fsp3) is 0.500. The third-order valence-electron chi connectivity index (χ3n) is 7.42. The van der Waals surface area contributed by atoms with Gasteiger partial charge in [0, 0.05) is 54.9 Å². The topological polar surface area (TPSA) is 94.8 Å². The van der Waals surface area contributed by atoms with Crippen molar-refractivity contribution in [3.63, 3.8) is 0 Å². The van der Waals surface area contributed by atoms with Crippen LogP contribution in [0, 0.1) is 5.92 Å². The molecule has 2 saturated carbocycles. The number of nitrogens with one attached hydrogen (secondary N) is 2. The van der Waals surface area contributed by atoms with E-state index in [-0.39, 0.29) is 11.8 Å². The molecule has 3 aromatic rings. The Balaban J connectivity index is 1.24. The Labute approximate surface area is 199 Å². The molecular weight excluding hydrogens is 428 g/mol. The minimum absolute atomic E-state index is 0.0517. The lowest BCUT2D eigenvalue weighted by Crippen LogP contribution is -2.41. The zero-order chi connectivity index (χ0) is 23.3. The number of amides is 1. The monoisotopic (exact) mass is 460 g/mol. The molecule has 34 heavy (non-hydrogen) atoms. The molecule has 0 unspecified atom stereocenters. The summed E-state index contributed by atoms with van der Waals surface area (Å²) in [5.74, 6) is 1.36. The van der Waals surface area contributed by atoms with Gasteiger partial charge in [-0.25, -0.2) is 9.97 Å². The first-order chi connectivity index (χ1) is 16.5. The highest BCUT2D eigenvalue weighted by Crippen LogP contribution is 2.43. The Bertz CT molecular complexity index is 1220. The molecule has 0 atom stereocenters. The van der Waals surface area contributed by atoms with Gasteiger partial charge in [0.15, 0.2) is 0 Å². The Morgan fingerprint density at radius 1 is 1.18 bits per heavy atom. The third-order valence-corrected chi connectivity index (χ3v) is 7.42. The highest BCUT2D eigenvalue weighted by molar-refractivity contribution is 5.93. The van der Waals surface area contributed by atoms with E-state index in [1.165, 1.54) is 18.4 Å².